The van der Waals surface area contributed by atoms with Crippen molar-refractivity contribution in [2.75, 3.05) is 38.3 Å². The van der Waals surface area contributed by atoms with Crippen molar-refractivity contribution in [1.82, 2.24) is 5.32 Å². The van der Waals surface area contributed by atoms with E-state index in [1.807, 2.05) is 13.8 Å². The van der Waals surface area contributed by atoms with Crippen molar-refractivity contribution in [3.05, 3.63) is 29.3 Å². The topological polar surface area (TPSA) is 44.7 Å². The second-order valence-electron chi connectivity index (χ2n) is 5.09. The van der Waals surface area contributed by atoms with Crippen LogP contribution in [-0.4, -0.2) is 44.6 Å². The molecule has 0 atom stereocenters. The Hall–Kier alpha value is -1.24. The zero-order chi connectivity index (χ0) is 15.8. The number of nitrogens with zero attached hydrogens (tertiary/aromatic N) is 1. The van der Waals surface area contributed by atoms with Gasteiger partial charge in [0.2, 0.25) is 0 Å². The predicted molar refractivity (Wildman–Crippen MR) is 79.5 cm³/mol. The minimum absolute atomic E-state index is 0.0836. The van der Waals surface area contributed by atoms with E-state index in [2.05, 4.69) is 5.32 Å². The lowest BCUT2D eigenvalue weighted by molar-refractivity contribution is 0.199. The third-order valence-electron chi connectivity index (χ3n) is 3.14. The molecule has 0 amide bonds. The van der Waals surface area contributed by atoms with Gasteiger partial charge in [0.15, 0.2) is 0 Å². The van der Waals surface area contributed by atoms with Gasteiger partial charge in [0.1, 0.15) is 17.3 Å². The second kappa shape index (κ2) is 8.92. The van der Waals surface area contributed by atoms with Gasteiger partial charge in [-0.2, -0.15) is 0 Å². The molecule has 0 saturated heterocycles. The quantitative estimate of drug-likeness (QED) is 0.684. The summed E-state index contributed by atoms with van der Waals surface area (Å²) in [5, 5.41) is 12.1. The van der Waals surface area contributed by atoms with Gasteiger partial charge in [-0.1, -0.05) is 0 Å². The standard InChI is InChI=1S/C15H24F2N2O2/c1-11(2)19(5-6-20)15-13(16)8-12(9-14(15)17)10-18-4-7-21-3/h8-9,11,18,20H,4-7,10H2,1-3H3. The number of halogens is 2. The molecule has 1 aromatic carbocycles. The molecule has 0 fully saturated rings. The van der Waals surface area contributed by atoms with Gasteiger partial charge in [-0.15, -0.1) is 0 Å². The average molecular weight is 302 g/mol. The van der Waals surface area contributed by atoms with Crippen LogP contribution in [-0.2, 0) is 11.3 Å². The third kappa shape index (κ3) is 5.22. The van der Waals surface area contributed by atoms with E-state index >= 15 is 0 Å². The summed E-state index contributed by atoms with van der Waals surface area (Å²) in [6, 6.07) is 2.54. The Morgan fingerprint density at radius 1 is 1.29 bits per heavy atom. The van der Waals surface area contributed by atoms with Crippen molar-refractivity contribution in [3.63, 3.8) is 0 Å². The van der Waals surface area contributed by atoms with Gasteiger partial charge in [-0.05, 0) is 31.5 Å². The Bertz CT molecular complexity index is 419. The number of ether oxygens (including phenoxy) is 1. The molecule has 0 radical (unpaired) electrons. The van der Waals surface area contributed by atoms with Crippen LogP contribution in [0, 0.1) is 11.6 Å². The van der Waals surface area contributed by atoms with Crippen LogP contribution in [0.2, 0.25) is 0 Å². The number of methoxy groups -OCH3 is 1. The SMILES string of the molecule is COCCNCc1cc(F)c(N(CCO)C(C)C)c(F)c1. The molecule has 1 aromatic rings. The van der Waals surface area contributed by atoms with Crippen molar-refractivity contribution in [1.29, 1.82) is 0 Å². The fourth-order valence-electron chi connectivity index (χ4n) is 2.14. The van der Waals surface area contributed by atoms with Crippen LogP contribution in [0.4, 0.5) is 14.5 Å². The van der Waals surface area contributed by atoms with Crippen LogP contribution >= 0.6 is 0 Å². The van der Waals surface area contributed by atoms with Crippen molar-refractivity contribution < 1.29 is 18.6 Å². The fraction of sp³-hybridized carbons (Fsp3) is 0.600. The number of nitrogens with one attached hydrogen (secondary N) is 1. The first kappa shape index (κ1) is 17.8. The minimum atomic E-state index is -0.610. The summed E-state index contributed by atoms with van der Waals surface area (Å²) in [5.74, 6) is -1.22. The lowest BCUT2D eigenvalue weighted by atomic mass is 10.1. The first-order valence-electron chi connectivity index (χ1n) is 7.06. The van der Waals surface area contributed by atoms with Gasteiger partial charge in [-0.3, -0.25) is 0 Å². The molecular weight excluding hydrogens is 278 g/mol. The molecule has 21 heavy (non-hydrogen) atoms. The maximum atomic E-state index is 14.2. The summed E-state index contributed by atoms with van der Waals surface area (Å²) in [7, 11) is 1.59. The number of aliphatic hydroxyl groups excluding tert-OH is 1. The summed E-state index contributed by atoms with van der Waals surface area (Å²) in [5.41, 5.74) is 0.456. The van der Waals surface area contributed by atoms with Gasteiger partial charge >= 0.3 is 0 Å². The van der Waals surface area contributed by atoms with Gasteiger partial charge < -0.3 is 20.1 Å². The normalized spacial score (nSPS) is 11.2. The Morgan fingerprint density at radius 2 is 1.90 bits per heavy atom. The van der Waals surface area contributed by atoms with Crippen LogP contribution in [0.5, 0.6) is 0 Å². The average Bonchev–Trinajstić information content (AvgIpc) is 2.42. The minimum Gasteiger partial charge on any atom is -0.395 e. The molecule has 0 aliphatic rings. The summed E-state index contributed by atoms with van der Waals surface area (Å²) in [6.07, 6.45) is 0. The summed E-state index contributed by atoms with van der Waals surface area (Å²) in [4.78, 5) is 1.52. The van der Waals surface area contributed by atoms with E-state index in [0.29, 0.717) is 25.3 Å². The van der Waals surface area contributed by atoms with Gasteiger partial charge in [0, 0.05) is 32.8 Å². The molecular formula is C15H24F2N2O2. The number of rotatable bonds is 9. The predicted octanol–water partition coefficient (Wildman–Crippen LogP) is 1.91. The molecule has 6 heteroatoms. The fourth-order valence-corrected chi connectivity index (χ4v) is 2.14. The molecule has 0 bridgehead atoms. The van der Waals surface area contributed by atoms with E-state index in [9.17, 15) is 8.78 Å². The first-order chi connectivity index (χ1) is 10.0. The number of anilines is 1. The summed E-state index contributed by atoms with van der Waals surface area (Å²) in [6.45, 7) is 5.22. The molecule has 120 valence electrons. The van der Waals surface area contributed by atoms with E-state index < -0.39 is 11.6 Å². The van der Waals surface area contributed by atoms with E-state index in [-0.39, 0.29) is 24.9 Å². The molecule has 0 heterocycles. The van der Waals surface area contributed by atoms with Crippen LogP contribution in [0.25, 0.3) is 0 Å². The van der Waals surface area contributed by atoms with E-state index in [1.165, 1.54) is 17.0 Å². The largest absolute Gasteiger partial charge is 0.395 e. The van der Waals surface area contributed by atoms with Crippen LogP contribution in [0.15, 0.2) is 12.1 Å². The Labute approximate surface area is 124 Å². The second-order valence-corrected chi connectivity index (χ2v) is 5.09. The highest BCUT2D eigenvalue weighted by Gasteiger charge is 2.20. The molecule has 0 aliphatic carbocycles. The van der Waals surface area contributed by atoms with Gasteiger partial charge in [-0.25, -0.2) is 8.78 Å². The number of benzene rings is 1. The molecule has 0 aliphatic heterocycles. The Morgan fingerprint density at radius 3 is 2.38 bits per heavy atom. The first-order valence-corrected chi connectivity index (χ1v) is 7.06. The van der Waals surface area contributed by atoms with Crippen LogP contribution < -0.4 is 10.2 Å². The van der Waals surface area contributed by atoms with Crippen molar-refractivity contribution in [3.8, 4) is 0 Å². The summed E-state index contributed by atoms with van der Waals surface area (Å²) < 4.78 is 33.3. The maximum absolute atomic E-state index is 14.2. The number of hydrogen-bond donors (Lipinski definition) is 2. The van der Waals surface area contributed by atoms with E-state index in [1.54, 1.807) is 7.11 Å². The van der Waals surface area contributed by atoms with Crippen LogP contribution in [0.3, 0.4) is 0 Å². The zero-order valence-corrected chi connectivity index (χ0v) is 12.8. The lowest BCUT2D eigenvalue weighted by Gasteiger charge is -2.29. The highest BCUT2D eigenvalue weighted by atomic mass is 19.1. The molecule has 0 aromatic heterocycles. The van der Waals surface area contributed by atoms with Crippen molar-refractivity contribution >= 4 is 5.69 Å². The zero-order valence-electron chi connectivity index (χ0n) is 12.8. The number of hydrogen-bond acceptors (Lipinski definition) is 4. The molecule has 0 spiro atoms. The lowest BCUT2D eigenvalue weighted by Crippen LogP contribution is -2.35. The Balaban J connectivity index is 2.88. The summed E-state index contributed by atoms with van der Waals surface area (Å²) >= 11 is 0. The van der Waals surface area contributed by atoms with Gasteiger partial charge in [0.25, 0.3) is 0 Å². The molecule has 4 nitrogen and oxygen atoms in total. The third-order valence-corrected chi connectivity index (χ3v) is 3.14. The smallest absolute Gasteiger partial charge is 0.149 e. The van der Waals surface area contributed by atoms with Gasteiger partial charge in [0.05, 0.1) is 13.2 Å². The van der Waals surface area contributed by atoms with Crippen molar-refractivity contribution in [2.24, 2.45) is 0 Å². The Kier molecular flexibility index (Phi) is 7.56. The maximum Gasteiger partial charge on any atom is 0.149 e. The van der Waals surface area contributed by atoms with Crippen molar-refractivity contribution in [2.45, 2.75) is 26.4 Å². The highest BCUT2D eigenvalue weighted by molar-refractivity contribution is 5.51. The van der Waals surface area contributed by atoms with E-state index in [0.717, 1.165) is 0 Å². The van der Waals surface area contributed by atoms with Crippen LogP contribution in [0.1, 0.15) is 19.4 Å². The van der Waals surface area contributed by atoms with E-state index in [4.69, 9.17) is 9.84 Å². The highest BCUT2D eigenvalue weighted by Crippen LogP contribution is 2.26. The molecule has 1 rings (SSSR count). The monoisotopic (exact) mass is 302 g/mol. The number of aliphatic hydroxyl groups is 1. The molecule has 0 unspecified atom stereocenters. The molecule has 2 N–H and O–H groups in total. The molecule has 0 saturated carbocycles.